The summed E-state index contributed by atoms with van der Waals surface area (Å²) < 4.78 is 12.7. The molecule has 0 N–H and O–H groups in total. The second kappa shape index (κ2) is 12.2. The highest BCUT2D eigenvalue weighted by molar-refractivity contribution is 6.11. The lowest BCUT2D eigenvalue weighted by atomic mass is 9.80. The van der Waals surface area contributed by atoms with Gasteiger partial charge in [0, 0.05) is 33.0 Å². The summed E-state index contributed by atoms with van der Waals surface area (Å²) in [6.45, 7) is 0. The number of rotatable bonds is 5. The van der Waals surface area contributed by atoms with Crippen molar-refractivity contribution in [3.05, 3.63) is 187 Å². The summed E-state index contributed by atoms with van der Waals surface area (Å²) in [6, 6.07) is 54.6. The lowest BCUT2D eigenvalue weighted by Gasteiger charge is -2.23. The summed E-state index contributed by atoms with van der Waals surface area (Å²) in [5.41, 5.74) is 10.4. The molecule has 2 aliphatic rings. The van der Waals surface area contributed by atoms with Gasteiger partial charge in [0.05, 0.1) is 5.92 Å². The maximum absolute atomic E-state index is 6.50. The first kappa shape index (κ1) is 30.5. The van der Waals surface area contributed by atoms with Gasteiger partial charge in [0.15, 0.2) is 17.5 Å². The Labute approximate surface area is 311 Å². The number of fused-ring (bicyclic) bond motifs is 7. The van der Waals surface area contributed by atoms with Crippen molar-refractivity contribution in [2.45, 2.75) is 12.0 Å². The van der Waals surface area contributed by atoms with Gasteiger partial charge in [0.2, 0.25) is 0 Å². The lowest BCUT2D eigenvalue weighted by Crippen LogP contribution is -2.19. The van der Waals surface area contributed by atoms with Crippen molar-refractivity contribution in [2.24, 2.45) is 0 Å². The molecule has 0 saturated carbocycles. The maximum Gasteiger partial charge on any atom is 0.164 e. The number of allylic oxidation sites excluding steroid dienone is 2. The third-order valence-corrected chi connectivity index (χ3v) is 10.7. The van der Waals surface area contributed by atoms with E-state index in [1.165, 1.54) is 27.8 Å². The Hall–Kier alpha value is -7.11. The van der Waals surface area contributed by atoms with Gasteiger partial charge >= 0.3 is 0 Å². The first-order valence-corrected chi connectivity index (χ1v) is 18.2. The molecule has 2 atom stereocenters. The van der Waals surface area contributed by atoms with Crippen molar-refractivity contribution in [1.29, 1.82) is 0 Å². The number of hydrogen-bond acceptors (Lipinski definition) is 5. The normalized spacial score (nSPS) is 16.0. The number of hydrogen-bond donors (Lipinski definition) is 0. The highest BCUT2D eigenvalue weighted by Gasteiger charge is 2.37. The minimum atomic E-state index is -0.0510. The Kier molecular flexibility index (Phi) is 6.92. The SMILES string of the molecule is C1=CC2Oc3ccc(-c4ccccc4)cc3C2C(c2ccc3ccc(-c4nc(-c5ccccc5)nc(-c5cccc6oc7ccccc7c56)n4)cc3c2)=C1. The Morgan fingerprint density at radius 3 is 2.02 bits per heavy atom. The van der Waals surface area contributed by atoms with Gasteiger partial charge in [-0.05, 0) is 75.5 Å². The van der Waals surface area contributed by atoms with E-state index in [0.717, 1.165) is 55.2 Å². The van der Waals surface area contributed by atoms with E-state index in [9.17, 15) is 0 Å². The van der Waals surface area contributed by atoms with Gasteiger partial charge in [0.25, 0.3) is 0 Å². The molecule has 0 spiro atoms. The average Bonchev–Trinajstić information content (AvgIpc) is 3.82. The van der Waals surface area contributed by atoms with Crippen LogP contribution in [-0.4, -0.2) is 21.1 Å². The van der Waals surface area contributed by atoms with E-state index in [-0.39, 0.29) is 12.0 Å². The van der Waals surface area contributed by atoms with Crippen molar-refractivity contribution < 1.29 is 9.15 Å². The van der Waals surface area contributed by atoms with Gasteiger partial charge in [-0.2, -0.15) is 0 Å². The molecule has 2 unspecified atom stereocenters. The highest BCUT2D eigenvalue weighted by atomic mass is 16.5. The fraction of sp³-hybridized carbons (Fsp3) is 0.0408. The van der Waals surface area contributed by atoms with E-state index in [0.29, 0.717) is 17.5 Å². The number of furan rings is 1. The number of aromatic nitrogens is 3. The van der Waals surface area contributed by atoms with Crippen LogP contribution in [0, 0.1) is 0 Å². The molecule has 5 heteroatoms. The molecule has 9 aromatic rings. The van der Waals surface area contributed by atoms with E-state index in [1.807, 2.05) is 60.7 Å². The number of nitrogens with zero attached hydrogens (tertiary/aromatic N) is 3. The molecular weight excluding hydrogens is 663 g/mol. The zero-order valence-electron chi connectivity index (χ0n) is 29.1. The predicted molar refractivity (Wildman–Crippen MR) is 217 cm³/mol. The molecular formula is C49H31N3O2. The first-order chi connectivity index (χ1) is 26.7. The number of para-hydroxylation sites is 1. The van der Waals surface area contributed by atoms with Crippen LogP contribution in [-0.2, 0) is 0 Å². The highest BCUT2D eigenvalue weighted by Crippen LogP contribution is 2.49. The monoisotopic (exact) mass is 693 g/mol. The van der Waals surface area contributed by atoms with Crippen LogP contribution in [0.15, 0.2) is 180 Å². The van der Waals surface area contributed by atoms with Crippen molar-refractivity contribution in [3.8, 4) is 51.0 Å². The summed E-state index contributed by atoms with van der Waals surface area (Å²) in [5, 5.41) is 4.28. The van der Waals surface area contributed by atoms with E-state index in [2.05, 4.69) is 115 Å². The molecule has 0 saturated heterocycles. The largest absolute Gasteiger partial charge is 0.485 e. The van der Waals surface area contributed by atoms with E-state index < -0.39 is 0 Å². The summed E-state index contributed by atoms with van der Waals surface area (Å²) in [5.74, 6) is 2.88. The van der Waals surface area contributed by atoms with Crippen LogP contribution in [0.4, 0.5) is 0 Å². The number of benzene rings is 7. The van der Waals surface area contributed by atoms with Crippen LogP contribution in [0.2, 0.25) is 0 Å². The molecule has 54 heavy (non-hydrogen) atoms. The van der Waals surface area contributed by atoms with Crippen molar-refractivity contribution >= 4 is 38.3 Å². The molecule has 11 rings (SSSR count). The molecule has 7 aromatic carbocycles. The zero-order chi connectivity index (χ0) is 35.6. The summed E-state index contributed by atoms with van der Waals surface area (Å²) in [4.78, 5) is 15.3. The quantitative estimate of drug-likeness (QED) is 0.180. The van der Waals surface area contributed by atoms with Crippen molar-refractivity contribution in [3.63, 3.8) is 0 Å². The van der Waals surface area contributed by atoms with Crippen LogP contribution >= 0.6 is 0 Å². The predicted octanol–water partition coefficient (Wildman–Crippen LogP) is 12.1. The summed E-state index contributed by atoms with van der Waals surface area (Å²) in [7, 11) is 0. The molecule has 0 fully saturated rings. The molecule has 0 radical (unpaired) electrons. The minimum Gasteiger partial charge on any atom is -0.485 e. The molecule has 254 valence electrons. The summed E-state index contributed by atoms with van der Waals surface area (Å²) in [6.07, 6.45) is 6.49. The van der Waals surface area contributed by atoms with Gasteiger partial charge in [-0.1, -0.05) is 133 Å². The topological polar surface area (TPSA) is 61.0 Å². The summed E-state index contributed by atoms with van der Waals surface area (Å²) >= 11 is 0. The first-order valence-electron chi connectivity index (χ1n) is 18.2. The van der Waals surface area contributed by atoms with Gasteiger partial charge in [0.1, 0.15) is 23.0 Å². The van der Waals surface area contributed by atoms with Gasteiger partial charge in [-0.3, -0.25) is 0 Å². The van der Waals surface area contributed by atoms with Gasteiger partial charge in [-0.15, -0.1) is 0 Å². The zero-order valence-corrected chi connectivity index (χ0v) is 29.1. The molecule has 0 amide bonds. The minimum absolute atomic E-state index is 0.0510. The average molecular weight is 694 g/mol. The standard InChI is InChI=1S/C49H31N3O2/c1-3-11-30(12-4-1)33-25-26-42-40(29-33)45-37(16-9-19-43(45)54-42)34-23-21-31-22-24-35(28-36(31)27-34)48-50-47(32-13-5-2-6-14-32)51-49(52-48)39-17-10-20-44-46(39)38-15-7-8-18-41(38)53-44/h1-29,43,45H. The van der Waals surface area contributed by atoms with Crippen molar-refractivity contribution in [1.82, 2.24) is 15.0 Å². The second-order valence-electron chi connectivity index (χ2n) is 13.9. The van der Waals surface area contributed by atoms with Crippen LogP contribution in [0.1, 0.15) is 17.0 Å². The van der Waals surface area contributed by atoms with Crippen LogP contribution in [0.5, 0.6) is 5.75 Å². The van der Waals surface area contributed by atoms with Crippen LogP contribution in [0.3, 0.4) is 0 Å². The molecule has 2 aromatic heterocycles. The molecule has 0 bridgehead atoms. The Morgan fingerprint density at radius 2 is 1.17 bits per heavy atom. The smallest absolute Gasteiger partial charge is 0.164 e. The van der Waals surface area contributed by atoms with E-state index >= 15 is 0 Å². The van der Waals surface area contributed by atoms with Gasteiger partial charge in [-0.25, -0.2) is 15.0 Å². The van der Waals surface area contributed by atoms with E-state index in [4.69, 9.17) is 24.1 Å². The van der Waals surface area contributed by atoms with Gasteiger partial charge < -0.3 is 9.15 Å². The number of ether oxygens (including phenoxy) is 1. The molecule has 3 heterocycles. The van der Waals surface area contributed by atoms with Crippen LogP contribution in [0.25, 0.3) is 83.6 Å². The second-order valence-corrected chi connectivity index (χ2v) is 13.9. The maximum atomic E-state index is 6.50. The Balaban J connectivity index is 1.03. The third-order valence-electron chi connectivity index (χ3n) is 10.7. The molecule has 1 aliphatic heterocycles. The third kappa shape index (κ3) is 5.05. The molecule has 5 nitrogen and oxygen atoms in total. The Morgan fingerprint density at radius 1 is 0.481 bits per heavy atom. The van der Waals surface area contributed by atoms with Crippen molar-refractivity contribution in [2.75, 3.05) is 0 Å². The fourth-order valence-corrected chi connectivity index (χ4v) is 8.11. The fourth-order valence-electron chi connectivity index (χ4n) is 8.11. The van der Waals surface area contributed by atoms with Crippen LogP contribution < -0.4 is 4.74 Å². The Bertz CT molecular complexity index is 2980. The lowest BCUT2D eigenvalue weighted by molar-refractivity contribution is 0.271. The van der Waals surface area contributed by atoms with E-state index in [1.54, 1.807) is 0 Å². The molecule has 1 aliphatic carbocycles.